The van der Waals surface area contributed by atoms with Crippen LogP contribution < -0.4 is 5.32 Å². The summed E-state index contributed by atoms with van der Waals surface area (Å²) in [6.07, 6.45) is 1.69. The number of rotatable bonds is 2. The van der Waals surface area contributed by atoms with Gasteiger partial charge in [-0.05, 0) is 12.1 Å². The van der Waals surface area contributed by atoms with E-state index in [-0.39, 0.29) is 0 Å². The van der Waals surface area contributed by atoms with Crippen LogP contribution in [0.25, 0.3) is 0 Å². The number of hydrogen-bond donors (Lipinski definition) is 1. The fourth-order valence-corrected chi connectivity index (χ4v) is 2.06. The highest BCUT2D eigenvalue weighted by atomic mass is 35.5. The van der Waals surface area contributed by atoms with Gasteiger partial charge in [-0.2, -0.15) is 0 Å². The molecule has 2 rings (SSSR count). The van der Waals surface area contributed by atoms with Crippen molar-refractivity contribution in [2.45, 2.75) is 10.3 Å². The van der Waals surface area contributed by atoms with Crippen molar-refractivity contribution in [3.05, 3.63) is 23.4 Å². The zero-order chi connectivity index (χ0) is 8.39. The number of halogens is 1. The lowest BCUT2D eigenvalue weighted by Crippen LogP contribution is -2.44. The maximum Gasteiger partial charge on any atom is 0.0964 e. The summed E-state index contributed by atoms with van der Waals surface area (Å²) in [6.45, 7) is 2.18. The number of nitrogens with one attached hydrogen (secondary N) is 1. The summed E-state index contributed by atoms with van der Waals surface area (Å²) >= 11 is 7.52. The first-order valence-electron chi connectivity index (χ1n) is 3.83. The molecule has 0 amide bonds. The van der Waals surface area contributed by atoms with E-state index in [9.17, 15) is 0 Å². The fraction of sp³-hybridized carbons (Fsp3) is 0.375. The van der Waals surface area contributed by atoms with Crippen LogP contribution in [0, 0.1) is 0 Å². The van der Waals surface area contributed by atoms with Crippen LogP contribution in [0.15, 0.2) is 23.4 Å². The Balaban J connectivity index is 1.98. The minimum absolute atomic E-state index is 0.693. The molecule has 0 spiro atoms. The number of aromatic nitrogens is 1. The van der Waals surface area contributed by atoms with E-state index >= 15 is 0 Å². The quantitative estimate of drug-likeness (QED) is 0.788. The molecule has 0 bridgehead atoms. The fourth-order valence-electron chi connectivity index (χ4n) is 0.948. The normalized spacial score (nSPS) is 17.4. The van der Waals surface area contributed by atoms with E-state index in [0.29, 0.717) is 10.3 Å². The van der Waals surface area contributed by atoms with Crippen LogP contribution in [0.1, 0.15) is 0 Å². The molecule has 1 aliphatic heterocycles. The minimum atomic E-state index is 0.693. The number of thioether (sulfide) groups is 1. The van der Waals surface area contributed by atoms with Gasteiger partial charge in [0.15, 0.2) is 0 Å². The van der Waals surface area contributed by atoms with E-state index < -0.39 is 0 Å². The molecule has 1 N–H and O–H groups in total. The third-order valence-electron chi connectivity index (χ3n) is 1.73. The van der Waals surface area contributed by atoms with Crippen molar-refractivity contribution in [2.24, 2.45) is 0 Å². The highest BCUT2D eigenvalue weighted by molar-refractivity contribution is 8.00. The predicted molar refractivity (Wildman–Crippen MR) is 51.8 cm³/mol. The predicted octanol–water partition coefficient (Wildman–Crippen LogP) is 1.80. The van der Waals surface area contributed by atoms with Crippen LogP contribution in [0.2, 0.25) is 5.02 Å². The van der Waals surface area contributed by atoms with Gasteiger partial charge in [-0.1, -0.05) is 11.6 Å². The zero-order valence-corrected chi connectivity index (χ0v) is 8.03. The highest BCUT2D eigenvalue weighted by Gasteiger charge is 2.17. The summed E-state index contributed by atoms with van der Waals surface area (Å²) in [5, 5.41) is 5.67. The topological polar surface area (TPSA) is 24.9 Å². The van der Waals surface area contributed by atoms with Crippen molar-refractivity contribution in [2.75, 3.05) is 13.1 Å². The van der Waals surface area contributed by atoms with Gasteiger partial charge >= 0.3 is 0 Å². The molecule has 0 saturated carbocycles. The molecule has 4 heteroatoms. The summed E-state index contributed by atoms with van der Waals surface area (Å²) in [4.78, 5) is 4.20. The molecule has 1 aromatic heterocycles. The molecule has 0 radical (unpaired) electrons. The second kappa shape index (κ2) is 3.64. The van der Waals surface area contributed by atoms with Crippen molar-refractivity contribution in [3.8, 4) is 0 Å². The molecule has 2 nitrogen and oxygen atoms in total. The second-order valence-electron chi connectivity index (χ2n) is 2.71. The summed E-state index contributed by atoms with van der Waals surface area (Å²) in [5.41, 5.74) is 0. The van der Waals surface area contributed by atoms with Gasteiger partial charge in [0.25, 0.3) is 0 Å². The van der Waals surface area contributed by atoms with Gasteiger partial charge in [-0.25, -0.2) is 4.98 Å². The Morgan fingerprint density at radius 2 is 2.33 bits per heavy atom. The standard InChI is InChI=1S/C8H9ClN2S/c9-6-1-2-8(11-3-6)12-7-4-10-5-7/h1-3,7,10H,4-5H2. The van der Waals surface area contributed by atoms with Crippen molar-refractivity contribution < 1.29 is 0 Å². The third kappa shape index (κ3) is 1.91. The van der Waals surface area contributed by atoms with Gasteiger partial charge in [0.05, 0.1) is 10.0 Å². The Kier molecular flexibility index (Phi) is 2.54. The first kappa shape index (κ1) is 8.35. The maximum atomic E-state index is 5.71. The lowest BCUT2D eigenvalue weighted by atomic mass is 10.3. The van der Waals surface area contributed by atoms with Crippen LogP contribution in [0.4, 0.5) is 0 Å². The largest absolute Gasteiger partial charge is 0.314 e. The van der Waals surface area contributed by atoms with Gasteiger partial charge in [-0.3, -0.25) is 0 Å². The third-order valence-corrected chi connectivity index (χ3v) is 3.10. The Morgan fingerprint density at radius 3 is 2.83 bits per heavy atom. The molecule has 0 unspecified atom stereocenters. The van der Waals surface area contributed by atoms with Gasteiger partial charge in [0.2, 0.25) is 0 Å². The molecule has 2 heterocycles. The van der Waals surface area contributed by atoms with E-state index in [1.54, 1.807) is 18.0 Å². The first-order chi connectivity index (χ1) is 5.84. The Hall–Kier alpha value is -0.250. The van der Waals surface area contributed by atoms with Crippen LogP contribution in [-0.4, -0.2) is 23.3 Å². The van der Waals surface area contributed by atoms with Crippen LogP contribution in [-0.2, 0) is 0 Å². The maximum absolute atomic E-state index is 5.71. The van der Waals surface area contributed by atoms with E-state index in [4.69, 9.17) is 11.6 Å². The Bertz CT molecular complexity index is 258. The molecular weight excluding hydrogens is 192 g/mol. The number of hydrogen-bond acceptors (Lipinski definition) is 3. The van der Waals surface area contributed by atoms with Crippen molar-refractivity contribution in [1.29, 1.82) is 0 Å². The molecule has 1 fully saturated rings. The van der Waals surface area contributed by atoms with Crippen molar-refractivity contribution >= 4 is 23.4 Å². The molecular formula is C8H9ClN2S. The monoisotopic (exact) mass is 200 g/mol. The van der Waals surface area contributed by atoms with Crippen molar-refractivity contribution in [1.82, 2.24) is 10.3 Å². The first-order valence-corrected chi connectivity index (χ1v) is 5.09. The molecule has 0 aliphatic carbocycles. The minimum Gasteiger partial charge on any atom is -0.314 e. The summed E-state index contributed by atoms with van der Waals surface area (Å²) in [7, 11) is 0. The van der Waals surface area contributed by atoms with Gasteiger partial charge in [0, 0.05) is 24.5 Å². The zero-order valence-electron chi connectivity index (χ0n) is 6.46. The van der Waals surface area contributed by atoms with Crippen LogP contribution >= 0.6 is 23.4 Å². The van der Waals surface area contributed by atoms with Gasteiger partial charge in [0.1, 0.15) is 0 Å². The van der Waals surface area contributed by atoms with E-state index in [1.165, 1.54) is 0 Å². The molecule has 64 valence electrons. The summed E-state index contributed by atoms with van der Waals surface area (Å²) < 4.78 is 0. The lowest BCUT2D eigenvalue weighted by molar-refractivity contribution is 0.543. The second-order valence-corrected chi connectivity index (χ2v) is 4.47. The summed E-state index contributed by atoms with van der Waals surface area (Å²) in [5.74, 6) is 0. The summed E-state index contributed by atoms with van der Waals surface area (Å²) in [6, 6.07) is 3.84. The van der Waals surface area contributed by atoms with Crippen molar-refractivity contribution in [3.63, 3.8) is 0 Å². The molecule has 1 aromatic rings. The van der Waals surface area contributed by atoms with Gasteiger partial charge in [-0.15, -0.1) is 11.8 Å². The highest BCUT2D eigenvalue weighted by Crippen LogP contribution is 2.24. The smallest absolute Gasteiger partial charge is 0.0964 e. The SMILES string of the molecule is Clc1ccc(SC2CNC2)nc1. The van der Waals surface area contributed by atoms with Gasteiger partial charge < -0.3 is 5.32 Å². The van der Waals surface area contributed by atoms with Crippen LogP contribution in [0.5, 0.6) is 0 Å². The molecule has 0 aromatic carbocycles. The molecule has 12 heavy (non-hydrogen) atoms. The molecule has 0 atom stereocenters. The Labute approximate surface area is 80.7 Å². The van der Waals surface area contributed by atoms with Crippen LogP contribution in [0.3, 0.4) is 0 Å². The van der Waals surface area contributed by atoms with E-state index in [2.05, 4.69) is 10.3 Å². The average molecular weight is 201 g/mol. The van der Waals surface area contributed by atoms with E-state index in [1.807, 2.05) is 12.1 Å². The average Bonchev–Trinajstić information content (AvgIpc) is 2.00. The Morgan fingerprint density at radius 1 is 1.50 bits per heavy atom. The molecule has 1 saturated heterocycles. The van der Waals surface area contributed by atoms with E-state index in [0.717, 1.165) is 18.1 Å². The lowest BCUT2D eigenvalue weighted by Gasteiger charge is -2.25. The number of pyridine rings is 1. The number of nitrogens with zero attached hydrogens (tertiary/aromatic N) is 1. The molecule has 1 aliphatic rings.